The summed E-state index contributed by atoms with van der Waals surface area (Å²) in [5.74, 6) is -0.178. The van der Waals surface area contributed by atoms with Crippen molar-refractivity contribution in [1.29, 1.82) is 0 Å². The van der Waals surface area contributed by atoms with E-state index in [-0.39, 0.29) is 5.82 Å². The van der Waals surface area contributed by atoms with Crippen molar-refractivity contribution in [3.63, 3.8) is 0 Å². The van der Waals surface area contributed by atoms with Gasteiger partial charge < -0.3 is 0 Å². The van der Waals surface area contributed by atoms with E-state index in [1.165, 1.54) is 63.4 Å². The van der Waals surface area contributed by atoms with Crippen LogP contribution < -0.4 is 0 Å². The van der Waals surface area contributed by atoms with E-state index in [0.717, 1.165) is 36.0 Å². The second-order valence-electron chi connectivity index (χ2n) is 9.27. The smallest absolute Gasteiger partial charge is 0.132 e. The Hall–Kier alpha value is -2.48. The van der Waals surface area contributed by atoms with Crippen molar-refractivity contribution in [2.45, 2.75) is 90.9 Å². The highest BCUT2D eigenvalue weighted by molar-refractivity contribution is 5.67. The van der Waals surface area contributed by atoms with Gasteiger partial charge in [0.2, 0.25) is 0 Å². The molecule has 2 aromatic carbocycles. The number of hydrogen-bond donors (Lipinski definition) is 0. The Bertz CT molecular complexity index is 944. The van der Waals surface area contributed by atoms with Crippen molar-refractivity contribution in [2.75, 3.05) is 0 Å². The first-order valence-electron chi connectivity index (χ1n) is 13.1. The normalized spacial score (nSPS) is 11.1. The van der Waals surface area contributed by atoms with Gasteiger partial charge in [-0.05, 0) is 60.6 Å². The van der Waals surface area contributed by atoms with Crippen molar-refractivity contribution in [3.05, 3.63) is 77.7 Å². The van der Waals surface area contributed by atoms with Gasteiger partial charge in [0.05, 0.1) is 5.69 Å². The summed E-state index contributed by atoms with van der Waals surface area (Å²) in [6, 6.07) is 18.4. The number of aryl methyl sites for hydroxylation is 2. The second kappa shape index (κ2) is 13.9. The molecule has 0 saturated carbocycles. The van der Waals surface area contributed by atoms with Crippen LogP contribution in [0.1, 0.15) is 89.2 Å². The average Bonchev–Trinajstić information content (AvgIpc) is 2.85. The van der Waals surface area contributed by atoms with Crippen LogP contribution in [-0.4, -0.2) is 4.98 Å². The van der Waals surface area contributed by atoms with Crippen LogP contribution in [-0.2, 0) is 12.8 Å². The van der Waals surface area contributed by atoms with Gasteiger partial charge in [0.15, 0.2) is 0 Å². The molecule has 0 aliphatic heterocycles. The lowest BCUT2D eigenvalue weighted by atomic mass is 10.0. The summed E-state index contributed by atoms with van der Waals surface area (Å²) in [5.41, 5.74) is 5.96. The maximum atomic E-state index is 14.7. The van der Waals surface area contributed by atoms with Crippen molar-refractivity contribution < 1.29 is 4.39 Å². The average molecular weight is 446 g/mol. The maximum absolute atomic E-state index is 14.7. The monoisotopic (exact) mass is 445 g/mol. The fourth-order valence-electron chi connectivity index (χ4n) is 4.38. The molecule has 0 fully saturated rings. The zero-order valence-corrected chi connectivity index (χ0v) is 20.6. The summed E-state index contributed by atoms with van der Waals surface area (Å²) in [5, 5.41) is 0. The number of hydrogen-bond acceptors (Lipinski definition) is 1. The Morgan fingerprint density at radius 1 is 0.606 bits per heavy atom. The van der Waals surface area contributed by atoms with E-state index in [2.05, 4.69) is 43.1 Å². The number of rotatable bonds is 14. The van der Waals surface area contributed by atoms with Gasteiger partial charge in [0.1, 0.15) is 5.82 Å². The zero-order chi connectivity index (χ0) is 23.3. The van der Waals surface area contributed by atoms with Gasteiger partial charge in [0.25, 0.3) is 0 Å². The molecule has 33 heavy (non-hydrogen) atoms. The summed E-state index contributed by atoms with van der Waals surface area (Å²) >= 11 is 0. The molecule has 0 radical (unpaired) electrons. The first-order chi connectivity index (χ1) is 16.2. The van der Waals surface area contributed by atoms with Gasteiger partial charge in [-0.15, -0.1) is 0 Å². The van der Waals surface area contributed by atoms with Gasteiger partial charge in [-0.25, -0.2) is 4.39 Å². The van der Waals surface area contributed by atoms with Crippen molar-refractivity contribution in [3.8, 4) is 22.4 Å². The van der Waals surface area contributed by atoms with Gasteiger partial charge in [-0.3, -0.25) is 4.98 Å². The SMILES string of the molecule is CCCCCCCCc1ccc(-c2ccc(-c3ccc(CCCCCC)cc3F)nc2)cc1. The topological polar surface area (TPSA) is 12.9 Å². The Balaban J connectivity index is 1.55. The molecule has 0 aliphatic carbocycles. The van der Waals surface area contributed by atoms with Crippen LogP contribution in [0, 0.1) is 5.82 Å². The number of unbranched alkanes of at least 4 members (excludes halogenated alkanes) is 8. The molecular formula is C31H40FN. The van der Waals surface area contributed by atoms with Crippen LogP contribution in [0.5, 0.6) is 0 Å². The highest BCUT2D eigenvalue weighted by Gasteiger charge is 2.08. The van der Waals surface area contributed by atoms with Crippen LogP contribution in [0.3, 0.4) is 0 Å². The molecule has 0 amide bonds. The van der Waals surface area contributed by atoms with Crippen LogP contribution in [0.2, 0.25) is 0 Å². The highest BCUT2D eigenvalue weighted by atomic mass is 19.1. The molecule has 0 atom stereocenters. The summed E-state index contributed by atoms with van der Waals surface area (Å²) in [6.07, 6.45) is 16.7. The maximum Gasteiger partial charge on any atom is 0.132 e. The van der Waals surface area contributed by atoms with Gasteiger partial charge in [0, 0.05) is 17.3 Å². The van der Waals surface area contributed by atoms with Crippen LogP contribution in [0.25, 0.3) is 22.4 Å². The second-order valence-corrected chi connectivity index (χ2v) is 9.27. The molecule has 0 saturated heterocycles. The van der Waals surface area contributed by atoms with E-state index in [9.17, 15) is 4.39 Å². The van der Waals surface area contributed by atoms with Crippen molar-refractivity contribution in [1.82, 2.24) is 4.98 Å². The molecule has 3 rings (SSSR count). The molecule has 0 N–H and O–H groups in total. The number of nitrogens with zero attached hydrogens (tertiary/aromatic N) is 1. The minimum absolute atomic E-state index is 0.178. The Morgan fingerprint density at radius 3 is 1.82 bits per heavy atom. The van der Waals surface area contributed by atoms with Gasteiger partial charge in [-0.1, -0.05) is 102 Å². The van der Waals surface area contributed by atoms with Gasteiger partial charge >= 0.3 is 0 Å². The van der Waals surface area contributed by atoms with Crippen molar-refractivity contribution >= 4 is 0 Å². The summed E-state index contributed by atoms with van der Waals surface area (Å²) < 4.78 is 14.7. The Morgan fingerprint density at radius 2 is 1.18 bits per heavy atom. The lowest BCUT2D eigenvalue weighted by Crippen LogP contribution is -1.93. The number of pyridine rings is 1. The quantitative estimate of drug-likeness (QED) is 0.225. The number of aromatic nitrogens is 1. The number of benzene rings is 2. The molecule has 0 unspecified atom stereocenters. The minimum Gasteiger partial charge on any atom is -0.256 e. The summed E-state index contributed by atoms with van der Waals surface area (Å²) in [7, 11) is 0. The van der Waals surface area contributed by atoms with E-state index in [1.807, 2.05) is 30.5 Å². The zero-order valence-electron chi connectivity index (χ0n) is 20.6. The van der Waals surface area contributed by atoms with Crippen LogP contribution >= 0.6 is 0 Å². The molecule has 0 spiro atoms. The summed E-state index contributed by atoms with van der Waals surface area (Å²) in [4.78, 5) is 4.57. The standard InChI is InChI=1S/C31H40FN/c1-3-5-7-9-10-12-13-25-15-18-27(19-16-25)28-20-22-31(33-24-28)29-21-17-26(23-30(29)32)14-11-8-6-4-2/h15-24H,3-14H2,1-2H3. The van der Waals surface area contributed by atoms with E-state index in [0.29, 0.717) is 11.3 Å². The molecule has 1 heterocycles. The molecule has 0 bridgehead atoms. The first kappa shape index (κ1) is 25.1. The van der Waals surface area contributed by atoms with E-state index < -0.39 is 0 Å². The van der Waals surface area contributed by atoms with Crippen LogP contribution in [0.15, 0.2) is 60.8 Å². The molecule has 1 aromatic heterocycles. The van der Waals surface area contributed by atoms with E-state index in [1.54, 1.807) is 6.07 Å². The molecule has 2 heteroatoms. The molecule has 176 valence electrons. The third kappa shape index (κ3) is 8.11. The largest absolute Gasteiger partial charge is 0.256 e. The molecule has 1 nitrogen and oxygen atoms in total. The predicted octanol–water partition coefficient (Wildman–Crippen LogP) is 9.58. The highest BCUT2D eigenvalue weighted by Crippen LogP contribution is 2.26. The summed E-state index contributed by atoms with van der Waals surface area (Å²) in [6.45, 7) is 4.47. The third-order valence-corrected chi connectivity index (χ3v) is 6.50. The van der Waals surface area contributed by atoms with Gasteiger partial charge in [-0.2, -0.15) is 0 Å². The Kier molecular flexibility index (Phi) is 10.6. The van der Waals surface area contributed by atoms with Crippen molar-refractivity contribution in [2.24, 2.45) is 0 Å². The lowest BCUT2D eigenvalue weighted by molar-refractivity contribution is 0.607. The first-order valence-corrected chi connectivity index (χ1v) is 13.1. The van der Waals surface area contributed by atoms with E-state index >= 15 is 0 Å². The molecule has 0 aliphatic rings. The lowest BCUT2D eigenvalue weighted by Gasteiger charge is -2.08. The molecular weight excluding hydrogens is 405 g/mol. The van der Waals surface area contributed by atoms with Crippen LogP contribution in [0.4, 0.5) is 4.39 Å². The fraction of sp³-hybridized carbons (Fsp3) is 0.452. The number of halogens is 1. The third-order valence-electron chi connectivity index (χ3n) is 6.50. The minimum atomic E-state index is -0.178. The fourth-order valence-corrected chi connectivity index (χ4v) is 4.38. The predicted molar refractivity (Wildman–Crippen MR) is 140 cm³/mol. The Labute approximate surface area is 200 Å². The molecule has 3 aromatic rings. The van der Waals surface area contributed by atoms with E-state index in [4.69, 9.17) is 0 Å².